The van der Waals surface area contributed by atoms with E-state index in [1.165, 1.54) is 13.2 Å². The number of hydrogen-bond donors (Lipinski definition) is 1. The fourth-order valence-electron chi connectivity index (χ4n) is 3.34. The topological polar surface area (TPSA) is 115 Å². The first kappa shape index (κ1) is 20.4. The van der Waals surface area contributed by atoms with Crippen LogP contribution < -0.4 is 15.7 Å². The van der Waals surface area contributed by atoms with Crippen LogP contribution in [0.2, 0.25) is 0 Å². The SMILES string of the molecule is CCC1(CC)NC(=O)N(CC(=O)OCc2cc(=O)oc3cc(OC)ccc23)C1=O. The number of carbonyl (C=O) groups excluding carboxylic acids is 3. The van der Waals surface area contributed by atoms with Gasteiger partial charge in [-0.1, -0.05) is 13.8 Å². The van der Waals surface area contributed by atoms with Crippen LogP contribution in [0.3, 0.4) is 0 Å². The van der Waals surface area contributed by atoms with Gasteiger partial charge < -0.3 is 19.2 Å². The van der Waals surface area contributed by atoms with Gasteiger partial charge in [-0.25, -0.2) is 9.59 Å². The summed E-state index contributed by atoms with van der Waals surface area (Å²) < 4.78 is 15.5. The monoisotopic (exact) mass is 402 g/mol. The van der Waals surface area contributed by atoms with E-state index in [1.54, 1.807) is 32.0 Å². The van der Waals surface area contributed by atoms with E-state index in [0.29, 0.717) is 35.1 Å². The highest BCUT2D eigenvalue weighted by Crippen LogP contribution is 2.25. The van der Waals surface area contributed by atoms with Crippen molar-refractivity contribution in [1.29, 1.82) is 0 Å². The molecule has 3 amide bonds. The Morgan fingerprint density at radius 3 is 2.52 bits per heavy atom. The molecule has 1 aromatic heterocycles. The van der Waals surface area contributed by atoms with E-state index in [-0.39, 0.29) is 6.61 Å². The predicted octanol–water partition coefficient (Wildman–Crippen LogP) is 1.96. The van der Waals surface area contributed by atoms with Crippen LogP contribution in [0.4, 0.5) is 4.79 Å². The van der Waals surface area contributed by atoms with Crippen molar-refractivity contribution in [1.82, 2.24) is 10.2 Å². The number of benzene rings is 1. The molecule has 1 fully saturated rings. The molecule has 3 rings (SSSR count). The number of carbonyl (C=O) groups is 3. The summed E-state index contributed by atoms with van der Waals surface area (Å²) in [6.45, 7) is 2.89. The number of esters is 1. The summed E-state index contributed by atoms with van der Waals surface area (Å²) in [6, 6.07) is 5.55. The summed E-state index contributed by atoms with van der Waals surface area (Å²) in [7, 11) is 1.49. The first-order chi connectivity index (χ1) is 13.8. The van der Waals surface area contributed by atoms with Crippen molar-refractivity contribution in [2.75, 3.05) is 13.7 Å². The van der Waals surface area contributed by atoms with Crippen molar-refractivity contribution in [2.24, 2.45) is 0 Å². The summed E-state index contributed by atoms with van der Waals surface area (Å²) in [4.78, 5) is 49.6. The third kappa shape index (κ3) is 3.80. The Labute approximate surface area is 166 Å². The number of nitrogens with zero attached hydrogens (tertiary/aromatic N) is 1. The molecule has 0 radical (unpaired) electrons. The largest absolute Gasteiger partial charge is 0.497 e. The molecule has 1 aliphatic rings. The number of urea groups is 1. The summed E-state index contributed by atoms with van der Waals surface area (Å²) in [5, 5.41) is 3.24. The number of methoxy groups -OCH3 is 1. The lowest BCUT2D eigenvalue weighted by Gasteiger charge is -2.22. The number of amides is 3. The fraction of sp³-hybridized carbons (Fsp3) is 0.400. The average molecular weight is 402 g/mol. The first-order valence-corrected chi connectivity index (χ1v) is 9.24. The number of rotatable bonds is 7. The molecule has 154 valence electrons. The number of hydrogen-bond acceptors (Lipinski definition) is 7. The Balaban J connectivity index is 1.72. The molecule has 0 spiro atoms. The quantitative estimate of drug-likeness (QED) is 0.428. The van der Waals surface area contributed by atoms with Crippen LogP contribution in [0.15, 0.2) is 33.5 Å². The number of nitrogens with one attached hydrogen (secondary N) is 1. The molecular weight excluding hydrogens is 380 g/mol. The molecule has 0 aliphatic carbocycles. The fourth-order valence-corrected chi connectivity index (χ4v) is 3.34. The number of imide groups is 1. The Kier molecular flexibility index (Phi) is 5.58. The van der Waals surface area contributed by atoms with Gasteiger partial charge in [0.05, 0.1) is 7.11 Å². The lowest BCUT2D eigenvalue weighted by atomic mass is 9.93. The van der Waals surface area contributed by atoms with Gasteiger partial charge in [-0.05, 0) is 25.0 Å². The van der Waals surface area contributed by atoms with E-state index in [4.69, 9.17) is 13.9 Å². The lowest BCUT2D eigenvalue weighted by Crippen LogP contribution is -2.46. The van der Waals surface area contributed by atoms with Gasteiger partial charge in [0.2, 0.25) is 0 Å². The van der Waals surface area contributed by atoms with Crippen LogP contribution in [-0.4, -0.2) is 42.0 Å². The van der Waals surface area contributed by atoms with Crippen molar-refractivity contribution in [2.45, 2.75) is 38.8 Å². The van der Waals surface area contributed by atoms with Gasteiger partial charge in [-0.3, -0.25) is 14.5 Å². The van der Waals surface area contributed by atoms with Gasteiger partial charge in [-0.2, -0.15) is 0 Å². The Morgan fingerprint density at radius 2 is 1.90 bits per heavy atom. The molecule has 1 aliphatic heterocycles. The van der Waals surface area contributed by atoms with E-state index in [9.17, 15) is 19.2 Å². The smallest absolute Gasteiger partial charge is 0.336 e. The second kappa shape index (κ2) is 7.94. The van der Waals surface area contributed by atoms with E-state index in [1.807, 2.05) is 0 Å². The second-order valence-electron chi connectivity index (χ2n) is 6.72. The standard InChI is InChI=1S/C20H22N2O7/c1-4-20(5-2)18(25)22(19(26)21-20)10-17(24)28-11-12-8-16(23)29-15-9-13(27-3)6-7-14(12)15/h6-9H,4-5,10-11H2,1-3H3,(H,21,26). The molecular formula is C20H22N2O7. The number of fused-ring (bicyclic) bond motifs is 1. The third-order valence-electron chi connectivity index (χ3n) is 5.17. The van der Waals surface area contributed by atoms with Gasteiger partial charge in [0.25, 0.3) is 5.91 Å². The van der Waals surface area contributed by atoms with E-state index in [0.717, 1.165) is 4.90 Å². The summed E-state index contributed by atoms with van der Waals surface area (Å²) in [6.07, 6.45) is 0.851. The molecule has 9 heteroatoms. The Bertz CT molecular complexity index is 1020. The first-order valence-electron chi connectivity index (χ1n) is 9.24. The molecule has 0 atom stereocenters. The van der Waals surface area contributed by atoms with Gasteiger partial charge in [0, 0.05) is 23.1 Å². The maximum Gasteiger partial charge on any atom is 0.336 e. The van der Waals surface area contributed by atoms with Crippen LogP contribution in [0, 0.1) is 0 Å². The normalized spacial score (nSPS) is 15.5. The van der Waals surface area contributed by atoms with Gasteiger partial charge >= 0.3 is 17.6 Å². The zero-order valence-corrected chi connectivity index (χ0v) is 16.4. The summed E-state index contributed by atoms with van der Waals surface area (Å²) in [5.74, 6) is -0.683. The summed E-state index contributed by atoms with van der Waals surface area (Å²) in [5.41, 5.74) is -0.833. The average Bonchev–Trinajstić information content (AvgIpc) is 2.95. The molecule has 2 aromatic rings. The van der Waals surface area contributed by atoms with E-state index < -0.39 is 35.6 Å². The number of ether oxygens (including phenoxy) is 2. The van der Waals surface area contributed by atoms with Crippen LogP contribution in [0.25, 0.3) is 11.0 Å². The molecule has 1 saturated heterocycles. The molecule has 0 unspecified atom stereocenters. The van der Waals surface area contributed by atoms with Crippen molar-refractivity contribution < 1.29 is 28.3 Å². The molecule has 0 bridgehead atoms. The highest BCUT2D eigenvalue weighted by Gasteiger charge is 2.49. The van der Waals surface area contributed by atoms with Gasteiger partial charge in [0.1, 0.15) is 30.0 Å². The van der Waals surface area contributed by atoms with Gasteiger partial charge in [0.15, 0.2) is 0 Å². The van der Waals surface area contributed by atoms with Crippen LogP contribution in [0.5, 0.6) is 5.75 Å². The van der Waals surface area contributed by atoms with Crippen LogP contribution in [-0.2, 0) is 20.9 Å². The van der Waals surface area contributed by atoms with E-state index >= 15 is 0 Å². The zero-order chi connectivity index (χ0) is 21.2. The van der Waals surface area contributed by atoms with Gasteiger partial charge in [-0.15, -0.1) is 0 Å². The minimum Gasteiger partial charge on any atom is -0.497 e. The van der Waals surface area contributed by atoms with Crippen LogP contribution in [0.1, 0.15) is 32.3 Å². The van der Waals surface area contributed by atoms with Crippen molar-refractivity contribution in [3.8, 4) is 5.75 Å². The molecule has 9 nitrogen and oxygen atoms in total. The maximum atomic E-state index is 12.6. The molecule has 1 N–H and O–H groups in total. The molecule has 0 saturated carbocycles. The highest BCUT2D eigenvalue weighted by atomic mass is 16.5. The minimum absolute atomic E-state index is 0.205. The van der Waals surface area contributed by atoms with E-state index in [2.05, 4.69) is 5.32 Å². The predicted molar refractivity (Wildman–Crippen MR) is 102 cm³/mol. The second-order valence-corrected chi connectivity index (χ2v) is 6.72. The summed E-state index contributed by atoms with van der Waals surface area (Å²) >= 11 is 0. The molecule has 2 heterocycles. The Morgan fingerprint density at radius 1 is 1.17 bits per heavy atom. The Hall–Kier alpha value is -3.36. The van der Waals surface area contributed by atoms with Crippen molar-refractivity contribution in [3.63, 3.8) is 0 Å². The molecule has 29 heavy (non-hydrogen) atoms. The highest BCUT2D eigenvalue weighted by molar-refractivity contribution is 6.08. The van der Waals surface area contributed by atoms with Crippen molar-refractivity contribution >= 4 is 28.9 Å². The minimum atomic E-state index is -0.981. The van der Waals surface area contributed by atoms with Crippen LogP contribution >= 0.6 is 0 Å². The van der Waals surface area contributed by atoms with Crippen molar-refractivity contribution in [3.05, 3.63) is 40.2 Å². The maximum absolute atomic E-state index is 12.6. The molecule has 1 aromatic carbocycles. The lowest BCUT2D eigenvalue weighted by molar-refractivity contribution is -0.148. The third-order valence-corrected chi connectivity index (χ3v) is 5.17. The zero-order valence-electron chi connectivity index (χ0n) is 16.4.